The molecule has 2 amide bonds. The fourth-order valence-corrected chi connectivity index (χ4v) is 3.38. The Bertz CT molecular complexity index is 1030. The predicted molar refractivity (Wildman–Crippen MR) is 103 cm³/mol. The van der Waals surface area contributed by atoms with Crippen molar-refractivity contribution in [3.05, 3.63) is 48.3 Å². The van der Waals surface area contributed by atoms with Crippen LogP contribution in [0.2, 0.25) is 0 Å². The standard InChI is InChI=1S/C20H20N4O3/c1-12-3-6-18(27-2)17(7-12)24-10-13(8-19(24)25)20(26)23-14-4-5-15-16(9-14)22-11-21-15/h3-7,9,11,13H,8,10H2,1-2H3,(H,21,22)(H,23,26). The second kappa shape index (κ2) is 6.75. The second-order valence-corrected chi connectivity index (χ2v) is 6.70. The lowest BCUT2D eigenvalue weighted by atomic mass is 10.1. The number of amides is 2. The van der Waals surface area contributed by atoms with E-state index in [4.69, 9.17) is 4.74 Å². The summed E-state index contributed by atoms with van der Waals surface area (Å²) in [5.41, 5.74) is 4.09. The van der Waals surface area contributed by atoms with E-state index in [1.54, 1.807) is 24.4 Å². The summed E-state index contributed by atoms with van der Waals surface area (Å²) in [5.74, 6) is -0.0423. The van der Waals surface area contributed by atoms with Gasteiger partial charge in [0.15, 0.2) is 0 Å². The Labute approximate surface area is 156 Å². The molecule has 4 rings (SSSR count). The van der Waals surface area contributed by atoms with Crippen LogP contribution in [0.25, 0.3) is 11.0 Å². The summed E-state index contributed by atoms with van der Waals surface area (Å²) in [5, 5.41) is 2.90. The molecule has 0 aliphatic carbocycles. The van der Waals surface area contributed by atoms with E-state index in [-0.39, 0.29) is 18.2 Å². The number of benzene rings is 2. The normalized spacial score (nSPS) is 16.7. The molecule has 7 heteroatoms. The molecule has 3 aromatic rings. The molecule has 1 aliphatic rings. The number of carbonyl (C=O) groups is 2. The van der Waals surface area contributed by atoms with Gasteiger partial charge in [0.1, 0.15) is 5.75 Å². The second-order valence-electron chi connectivity index (χ2n) is 6.70. The average Bonchev–Trinajstić information content (AvgIpc) is 3.27. The molecule has 2 heterocycles. The lowest BCUT2D eigenvalue weighted by Gasteiger charge is -2.20. The largest absolute Gasteiger partial charge is 0.495 e. The predicted octanol–water partition coefficient (Wildman–Crippen LogP) is 2.87. The Morgan fingerprint density at radius 2 is 2.15 bits per heavy atom. The van der Waals surface area contributed by atoms with Gasteiger partial charge in [-0.05, 0) is 42.8 Å². The average molecular weight is 364 g/mol. The van der Waals surface area contributed by atoms with Crippen LogP contribution in [-0.2, 0) is 9.59 Å². The van der Waals surface area contributed by atoms with Crippen molar-refractivity contribution in [2.45, 2.75) is 13.3 Å². The first-order chi connectivity index (χ1) is 13.0. The summed E-state index contributed by atoms with van der Waals surface area (Å²) < 4.78 is 5.38. The summed E-state index contributed by atoms with van der Waals surface area (Å²) >= 11 is 0. The number of H-pyrrole nitrogens is 1. The molecule has 2 N–H and O–H groups in total. The molecule has 1 saturated heterocycles. The zero-order valence-corrected chi connectivity index (χ0v) is 15.2. The molecule has 1 aromatic heterocycles. The van der Waals surface area contributed by atoms with Crippen LogP contribution in [0.15, 0.2) is 42.7 Å². The van der Waals surface area contributed by atoms with Crippen molar-refractivity contribution in [1.82, 2.24) is 9.97 Å². The van der Waals surface area contributed by atoms with Crippen LogP contribution in [0.3, 0.4) is 0 Å². The molecule has 1 fully saturated rings. The number of aromatic amines is 1. The van der Waals surface area contributed by atoms with Crippen molar-refractivity contribution < 1.29 is 14.3 Å². The number of anilines is 2. The molecule has 27 heavy (non-hydrogen) atoms. The van der Waals surface area contributed by atoms with Crippen LogP contribution >= 0.6 is 0 Å². The van der Waals surface area contributed by atoms with Gasteiger partial charge in [0.05, 0.1) is 36.1 Å². The van der Waals surface area contributed by atoms with E-state index < -0.39 is 5.92 Å². The first kappa shape index (κ1) is 17.1. The molecule has 1 aliphatic heterocycles. The number of imidazole rings is 1. The fourth-order valence-electron chi connectivity index (χ4n) is 3.38. The number of hydrogen-bond acceptors (Lipinski definition) is 4. The van der Waals surface area contributed by atoms with Crippen LogP contribution in [0.5, 0.6) is 5.75 Å². The maximum atomic E-state index is 12.7. The van der Waals surface area contributed by atoms with Crippen molar-refractivity contribution >= 4 is 34.2 Å². The van der Waals surface area contributed by atoms with E-state index >= 15 is 0 Å². The summed E-state index contributed by atoms with van der Waals surface area (Å²) in [7, 11) is 1.57. The molecule has 0 spiro atoms. The third kappa shape index (κ3) is 3.23. The number of rotatable bonds is 4. The maximum Gasteiger partial charge on any atom is 0.229 e. The maximum absolute atomic E-state index is 12.7. The zero-order chi connectivity index (χ0) is 19.0. The topological polar surface area (TPSA) is 87.3 Å². The number of methoxy groups -OCH3 is 1. The molecular weight excluding hydrogens is 344 g/mol. The monoisotopic (exact) mass is 364 g/mol. The lowest BCUT2D eigenvalue weighted by molar-refractivity contribution is -0.122. The minimum Gasteiger partial charge on any atom is -0.495 e. The number of nitrogens with one attached hydrogen (secondary N) is 2. The molecule has 138 valence electrons. The van der Waals surface area contributed by atoms with Gasteiger partial charge < -0.3 is 19.9 Å². The van der Waals surface area contributed by atoms with E-state index in [1.807, 2.05) is 37.3 Å². The number of hydrogen-bond donors (Lipinski definition) is 2. The van der Waals surface area contributed by atoms with Crippen molar-refractivity contribution in [1.29, 1.82) is 0 Å². The van der Waals surface area contributed by atoms with Gasteiger partial charge in [-0.15, -0.1) is 0 Å². The number of aryl methyl sites for hydroxylation is 1. The molecular formula is C20H20N4O3. The molecule has 1 unspecified atom stereocenters. The van der Waals surface area contributed by atoms with Crippen molar-refractivity contribution in [3.8, 4) is 5.75 Å². The van der Waals surface area contributed by atoms with E-state index in [2.05, 4.69) is 15.3 Å². The van der Waals surface area contributed by atoms with Gasteiger partial charge in [-0.25, -0.2) is 4.98 Å². The quantitative estimate of drug-likeness (QED) is 0.745. The molecule has 2 aromatic carbocycles. The van der Waals surface area contributed by atoms with Crippen LogP contribution in [0.1, 0.15) is 12.0 Å². The summed E-state index contributed by atoms with van der Waals surface area (Å²) in [6, 6.07) is 11.1. The minimum atomic E-state index is -0.416. The summed E-state index contributed by atoms with van der Waals surface area (Å²) in [6.45, 7) is 2.29. The van der Waals surface area contributed by atoms with Crippen LogP contribution in [0, 0.1) is 12.8 Å². The molecule has 0 saturated carbocycles. The molecule has 1 atom stereocenters. The van der Waals surface area contributed by atoms with Crippen LogP contribution in [0.4, 0.5) is 11.4 Å². The highest BCUT2D eigenvalue weighted by Gasteiger charge is 2.36. The first-order valence-electron chi connectivity index (χ1n) is 8.74. The van der Waals surface area contributed by atoms with E-state index in [9.17, 15) is 9.59 Å². The molecule has 7 nitrogen and oxygen atoms in total. The highest BCUT2D eigenvalue weighted by molar-refractivity contribution is 6.04. The highest BCUT2D eigenvalue weighted by Crippen LogP contribution is 2.34. The van der Waals surface area contributed by atoms with Gasteiger partial charge in [-0.2, -0.15) is 0 Å². The fraction of sp³-hybridized carbons (Fsp3) is 0.250. The van der Waals surface area contributed by atoms with Gasteiger partial charge in [0, 0.05) is 18.7 Å². The molecule has 0 radical (unpaired) electrons. The lowest BCUT2D eigenvalue weighted by Crippen LogP contribution is -2.28. The third-order valence-electron chi connectivity index (χ3n) is 4.81. The van der Waals surface area contributed by atoms with Crippen LogP contribution < -0.4 is 15.0 Å². The number of fused-ring (bicyclic) bond motifs is 1. The number of nitrogens with zero attached hydrogens (tertiary/aromatic N) is 2. The Morgan fingerprint density at radius 3 is 2.96 bits per heavy atom. The number of aromatic nitrogens is 2. The van der Waals surface area contributed by atoms with Gasteiger partial charge in [0.25, 0.3) is 0 Å². The van der Waals surface area contributed by atoms with Gasteiger partial charge in [0.2, 0.25) is 11.8 Å². The highest BCUT2D eigenvalue weighted by atomic mass is 16.5. The summed E-state index contributed by atoms with van der Waals surface area (Å²) in [6.07, 6.45) is 1.79. The SMILES string of the molecule is COc1ccc(C)cc1N1CC(C(=O)Nc2ccc3nc[nH]c3c2)CC1=O. The zero-order valence-electron chi connectivity index (χ0n) is 15.2. The van der Waals surface area contributed by atoms with Crippen LogP contribution in [-0.4, -0.2) is 35.4 Å². The number of carbonyl (C=O) groups excluding carboxylic acids is 2. The Balaban J connectivity index is 1.51. The Hall–Kier alpha value is -3.35. The first-order valence-corrected chi connectivity index (χ1v) is 8.74. The van der Waals surface area contributed by atoms with E-state index in [0.717, 1.165) is 16.6 Å². The Morgan fingerprint density at radius 1 is 1.30 bits per heavy atom. The number of ether oxygens (including phenoxy) is 1. The summed E-state index contributed by atoms with van der Waals surface area (Å²) in [4.78, 5) is 34.0. The van der Waals surface area contributed by atoms with E-state index in [1.165, 1.54) is 0 Å². The van der Waals surface area contributed by atoms with E-state index in [0.29, 0.717) is 23.7 Å². The van der Waals surface area contributed by atoms with Crippen molar-refractivity contribution in [3.63, 3.8) is 0 Å². The third-order valence-corrected chi connectivity index (χ3v) is 4.81. The van der Waals surface area contributed by atoms with Crippen molar-refractivity contribution in [2.24, 2.45) is 5.92 Å². The van der Waals surface area contributed by atoms with Gasteiger partial charge in [-0.1, -0.05) is 6.07 Å². The van der Waals surface area contributed by atoms with Gasteiger partial charge >= 0.3 is 0 Å². The van der Waals surface area contributed by atoms with Crippen molar-refractivity contribution in [2.75, 3.05) is 23.9 Å². The smallest absolute Gasteiger partial charge is 0.229 e. The van der Waals surface area contributed by atoms with Gasteiger partial charge in [-0.3, -0.25) is 9.59 Å². The molecule has 0 bridgehead atoms. The Kier molecular flexibility index (Phi) is 4.27. The minimum absolute atomic E-state index is 0.0805.